The molecule has 0 bridgehead atoms. The van der Waals surface area contributed by atoms with Crippen molar-refractivity contribution in [3.05, 3.63) is 18.2 Å². The zero-order chi connectivity index (χ0) is 15.8. The molecule has 22 heavy (non-hydrogen) atoms. The number of nitrogens with two attached hydrogens (primary N) is 1. The van der Waals surface area contributed by atoms with Crippen molar-refractivity contribution >= 4 is 35.6 Å². The number of ether oxygens (including phenoxy) is 1. The lowest BCUT2D eigenvalue weighted by molar-refractivity contribution is -0.121. The fourth-order valence-corrected chi connectivity index (χ4v) is 1.84. The number of hydrogen-bond acceptors (Lipinski definition) is 4. The first-order chi connectivity index (χ1) is 9.92. The van der Waals surface area contributed by atoms with E-state index < -0.39 is 0 Å². The van der Waals surface area contributed by atoms with E-state index in [2.05, 4.69) is 10.6 Å². The van der Waals surface area contributed by atoms with Crippen LogP contribution in [0.25, 0.3) is 0 Å². The molecule has 0 atom stereocenters. The molecule has 7 heteroatoms. The van der Waals surface area contributed by atoms with Crippen molar-refractivity contribution in [2.45, 2.75) is 39.2 Å². The molecule has 0 unspecified atom stereocenters. The van der Waals surface area contributed by atoms with E-state index in [0.717, 1.165) is 0 Å². The Morgan fingerprint density at radius 1 is 1.23 bits per heavy atom. The summed E-state index contributed by atoms with van der Waals surface area (Å²) in [6.45, 7) is 3.80. The summed E-state index contributed by atoms with van der Waals surface area (Å²) in [6.07, 6.45) is 1.14. The first kappa shape index (κ1) is 20.1. The lowest BCUT2D eigenvalue weighted by Crippen LogP contribution is -2.30. The number of methoxy groups -OCH3 is 1. The van der Waals surface area contributed by atoms with Gasteiger partial charge >= 0.3 is 0 Å². The van der Waals surface area contributed by atoms with Crippen LogP contribution in [0, 0.1) is 0 Å². The lowest BCUT2D eigenvalue weighted by atomic mass is 10.2. The van der Waals surface area contributed by atoms with Crippen LogP contribution in [-0.2, 0) is 9.59 Å². The molecular weight excluding hydrogens is 306 g/mol. The number of nitrogen functional groups attached to an aromatic ring is 1. The van der Waals surface area contributed by atoms with Crippen LogP contribution in [0.5, 0.6) is 5.75 Å². The predicted octanol–water partition coefficient (Wildman–Crippen LogP) is 2.33. The molecule has 0 fully saturated rings. The second kappa shape index (κ2) is 9.89. The summed E-state index contributed by atoms with van der Waals surface area (Å²) in [6, 6.07) is 5.18. The van der Waals surface area contributed by atoms with Gasteiger partial charge in [-0.15, -0.1) is 12.4 Å². The van der Waals surface area contributed by atoms with Crippen molar-refractivity contribution < 1.29 is 14.3 Å². The molecule has 0 radical (unpaired) electrons. The molecule has 1 aromatic rings. The lowest BCUT2D eigenvalue weighted by Gasteiger charge is -2.09. The Morgan fingerprint density at radius 3 is 2.41 bits per heavy atom. The number of nitrogens with one attached hydrogen (secondary N) is 2. The maximum absolute atomic E-state index is 11.8. The molecule has 0 saturated carbocycles. The van der Waals surface area contributed by atoms with Crippen LogP contribution in [0.3, 0.4) is 0 Å². The number of halogens is 1. The Morgan fingerprint density at radius 2 is 1.86 bits per heavy atom. The monoisotopic (exact) mass is 329 g/mol. The highest BCUT2D eigenvalue weighted by Gasteiger charge is 2.07. The number of carbonyl (C=O) groups excluding carboxylic acids is 2. The molecule has 124 valence electrons. The highest BCUT2D eigenvalue weighted by atomic mass is 35.5. The van der Waals surface area contributed by atoms with Crippen LogP contribution in [0.1, 0.15) is 33.1 Å². The van der Waals surface area contributed by atoms with Crippen molar-refractivity contribution in [2.24, 2.45) is 0 Å². The molecule has 0 saturated heterocycles. The van der Waals surface area contributed by atoms with Crippen molar-refractivity contribution in [1.82, 2.24) is 5.32 Å². The van der Waals surface area contributed by atoms with Gasteiger partial charge in [0.05, 0.1) is 12.8 Å². The van der Waals surface area contributed by atoms with E-state index >= 15 is 0 Å². The molecule has 4 N–H and O–H groups in total. The average molecular weight is 330 g/mol. The summed E-state index contributed by atoms with van der Waals surface area (Å²) in [4.78, 5) is 23.2. The van der Waals surface area contributed by atoms with Crippen molar-refractivity contribution in [2.75, 3.05) is 18.2 Å². The minimum Gasteiger partial charge on any atom is -0.495 e. The van der Waals surface area contributed by atoms with Gasteiger partial charge in [0.2, 0.25) is 11.8 Å². The maximum atomic E-state index is 11.8. The highest BCUT2D eigenvalue weighted by Crippen LogP contribution is 2.24. The molecule has 6 nitrogen and oxygen atoms in total. The molecule has 0 aliphatic rings. The third kappa shape index (κ3) is 7.17. The van der Waals surface area contributed by atoms with E-state index in [1.807, 2.05) is 13.8 Å². The van der Waals surface area contributed by atoms with E-state index in [1.54, 1.807) is 18.2 Å². The quantitative estimate of drug-likeness (QED) is 0.669. The van der Waals surface area contributed by atoms with Gasteiger partial charge in [-0.05, 0) is 38.5 Å². The van der Waals surface area contributed by atoms with Crippen LogP contribution >= 0.6 is 12.4 Å². The van der Waals surface area contributed by atoms with Gasteiger partial charge in [-0.2, -0.15) is 0 Å². The summed E-state index contributed by atoms with van der Waals surface area (Å²) >= 11 is 0. The van der Waals surface area contributed by atoms with Crippen LogP contribution < -0.4 is 21.1 Å². The smallest absolute Gasteiger partial charge is 0.224 e. The Kier molecular flexibility index (Phi) is 9.01. The highest BCUT2D eigenvalue weighted by molar-refractivity contribution is 5.91. The van der Waals surface area contributed by atoms with E-state index in [-0.39, 0.29) is 36.7 Å². The summed E-state index contributed by atoms with van der Waals surface area (Å²) in [5, 5.41) is 5.53. The first-order valence-corrected chi connectivity index (χ1v) is 6.95. The maximum Gasteiger partial charge on any atom is 0.224 e. The molecule has 0 aliphatic heterocycles. The Hall–Kier alpha value is -1.95. The van der Waals surface area contributed by atoms with Crippen molar-refractivity contribution in [1.29, 1.82) is 0 Å². The summed E-state index contributed by atoms with van der Waals surface area (Å²) < 4.78 is 5.05. The van der Waals surface area contributed by atoms with Crippen LogP contribution in [0.15, 0.2) is 18.2 Å². The van der Waals surface area contributed by atoms with Crippen LogP contribution in [0.4, 0.5) is 11.4 Å². The molecule has 0 aromatic heterocycles. The van der Waals surface area contributed by atoms with Crippen LogP contribution in [0.2, 0.25) is 0 Å². The largest absolute Gasteiger partial charge is 0.495 e. The Labute approximate surface area is 137 Å². The van der Waals surface area contributed by atoms with Crippen molar-refractivity contribution in [3.63, 3.8) is 0 Å². The van der Waals surface area contributed by atoms with E-state index in [1.165, 1.54) is 7.11 Å². The standard InChI is InChI=1S/C15H23N3O3.ClH/c1-10(2)17-14(19)5-4-6-15(20)18-11-7-8-13(21-3)12(16)9-11;/h7-10H,4-6,16H2,1-3H3,(H,17,19)(H,18,20);1H. The number of amides is 2. The molecule has 2 amide bonds. The van der Waals surface area contributed by atoms with Gasteiger partial charge in [0.1, 0.15) is 5.75 Å². The van der Waals surface area contributed by atoms with E-state index in [9.17, 15) is 9.59 Å². The zero-order valence-corrected chi connectivity index (χ0v) is 14.0. The molecular formula is C15H24ClN3O3. The Balaban J connectivity index is 0.00000441. The van der Waals surface area contributed by atoms with Gasteiger partial charge in [-0.25, -0.2) is 0 Å². The van der Waals surface area contributed by atoms with E-state index in [4.69, 9.17) is 10.5 Å². The van der Waals surface area contributed by atoms with Gasteiger partial charge in [-0.1, -0.05) is 0 Å². The molecule has 0 aliphatic carbocycles. The second-order valence-electron chi connectivity index (χ2n) is 5.08. The second-order valence-corrected chi connectivity index (χ2v) is 5.08. The zero-order valence-electron chi connectivity index (χ0n) is 13.1. The normalized spacial score (nSPS) is 9.82. The van der Waals surface area contributed by atoms with Gasteiger partial charge in [0, 0.05) is 24.6 Å². The molecule has 1 aromatic carbocycles. The summed E-state index contributed by atoms with van der Waals surface area (Å²) in [7, 11) is 1.53. The van der Waals surface area contributed by atoms with Gasteiger partial charge in [0.25, 0.3) is 0 Å². The molecule has 1 rings (SSSR count). The minimum absolute atomic E-state index is 0. The number of carbonyl (C=O) groups is 2. The minimum atomic E-state index is -0.142. The SMILES string of the molecule is COc1ccc(NC(=O)CCCC(=O)NC(C)C)cc1N.Cl. The number of hydrogen-bond donors (Lipinski definition) is 3. The predicted molar refractivity (Wildman–Crippen MR) is 90.4 cm³/mol. The van der Waals surface area contributed by atoms with Crippen molar-refractivity contribution in [3.8, 4) is 5.75 Å². The van der Waals surface area contributed by atoms with Gasteiger partial charge < -0.3 is 21.1 Å². The van der Waals surface area contributed by atoms with Gasteiger partial charge in [0.15, 0.2) is 0 Å². The average Bonchev–Trinajstić information content (AvgIpc) is 2.38. The Bertz CT molecular complexity index is 507. The molecule has 0 heterocycles. The molecule has 0 spiro atoms. The summed E-state index contributed by atoms with van der Waals surface area (Å²) in [5.74, 6) is 0.391. The van der Waals surface area contributed by atoms with Gasteiger partial charge in [-0.3, -0.25) is 9.59 Å². The van der Waals surface area contributed by atoms with Crippen LogP contribution in [-0.4, -0.2) is 25.0 Å². The summed E-state index contributed by atoms with van der Waals surface area (Å²) in [5.41, 5.74) is 6.84. The fraction of sp³-hybridized carbons (Fsp3) is 0.467. The third-order valence-corrected chi connectivity index (χ3v) is 2.77. The topological polar surface area (TPSA) is 93.4 Å². The number of anilines is 2. The first-order valence-electron chi connectivity index (χ1n) is 6.95. The number of rotatable bonds is 7. The fourth-order valence-electron chi connectivity index (χ4n) is 1.84. The third-order valence-electron chi connectivity index (χ3n) is 2.77. The number of benzene rings is 1. The van der Waals surface area contributed by atoms with E-state index in [0.29, 0.717) is 30.0 Å².